The molecule has 0 atom stereocenters. The third-order valence-electron chi connectivity index (χ3n) is 5.68. The molecule has 160 valence electrons. The van der Waals surface area contributed by atoms with Crippen LogP contribution in [0.1, 0.15) is 32.3 Å². The van der Waals surface area contributed by atoms with Crippen molar-refractivity contribution in [2.45, 2.75) is 40.0 Å². The fraction of sp³-hybridized carbons (Fsp3) is 0.375. The van der Waals surface area contributed by atoms with E-state index in [1.165, 1.54) is 0 Å². The van der Waals surface area contributed by atoms with Gasteiger partial charge in [-0.15, -0.1) is 0 Å². The highest BCUT2D eigenvalue weighted by atomic mass is 19.3. The van der Waals surface area contributed by atoms with Crippen LogP contribution in [-0.4, -0.2) is 24.6 Å². The number of allylic oxidation sites excluding steroid dienone is 4. The van der Waals surface area contributed by atoms with Gasteiger partial charge >= 0.3 is 0 Å². The quantitative estimate of drug-likeness (QED) is 0.606. The summed E-state index contributed by atoms with van der Waals surface area (Å²) in [5.41, 5.74) is 4.20. The summed E-state index contributed by atoms with van der Waals surface area (Å²) in [4.78, 5) is 14.5. The van der Waals surface area contributed by atoms with Gasteiger partial charge in [-0.1, -0.05) is 6.58 Å². The topological polar surface area (TPSA) is 34.5 Å². The Kier molecular flexibility index (Phi) is 6.15. The number of methoxy groups -OCH3 is 1. The Hall–Kier alpha value is -2.89. The van der Waals surface area contributed by atoms with Gasteiger partial charge in [0.05, 0.1) is 18.3 Å². The fourth-order valence-electron chi connectivity index (χ4n) is 3.97. The molecule has 1 aliphatic rings. The molecule has 0 bridgehead atoms. The zero-order chi connectivity index (χ0) is 22.2. The van der Waals surface area contributed by atoms with Crippen LogP contribution in [0.25, 0.3) is 10.9 Å². The number of halogens is 2. The second-order valence-electron chi connectivity index (χ2n) is 7.87. The lowest BCUT2D eigenvalue weighted by atomic mass is 9.98. The molecule has 0 unspecified atom stereocenters. The highest BCUT2D eigenvalue weighted by molar-refractivity contribution is 5.95. The van der Waals surface area contributed by atoms with Gasteiger partial charge in [-0.3, -0.25) is 4.79 Å². The normalized spacial score (nSPS) is 15.3. The van der Waals surface area contributed by atoms with Gasteiger partial charge < -0.3 is 14.2 Å². The number of hydrogen-bond donors (Lipinski definition) is 0. The highest BCUT2D eigenvalue weighted by Gasteiger charge is 2.23. The van der Waals surface area contributed by atoms with Crippen LogP contribution in [0.4, 0.5) is 14.5 Å². The van der Waals surface area contributed by atoms with Crippen LogP contribution in [-0.2, 0) is 7.05 Å². The predicted molar refractivity (Wildman–Crippen MR) is 119 cm³/mol. The number of aromatic nitrogens is 1. The van der Waals surface area contributed by atoms with E-state index in [2.05, 4.69) is 11.5 Å². The second-order valence-corrected chi connectivity index (χ2v) is 7.87. The zero-order valence-electron chi connectivity index (χ0n) is 18.2. The van der Waals surface area contributed by atoms with Crippen molar-refractivity contribution in [1.82, 2.24) is 4.57 Å². The van der Waals surface area contributed by atoms with Crippen molar-refractivity contribution in [2.24, 2.45) is 7.05 Å². The molecule has 0 radical (unpaired) electrons. The summed E-state index contributed by atoms with van der Waals surface area (Å²) in [6.07, 6.45) is 0.705. The van der Waals surface area contributed by atoms with E-state index < -0.39 is 6.43 Å². The van der Waals surface area contributed by atoms with Gasteiger partial charge in [0.2, 0.25) is 0 Å². The third kappa shape index (κ3) is 3.91. The maximum absolute atomic E-state index is 13.7. The summed E-state index contributed by atoms with van der Waals surface area (Å²) < 4.78 is 34.4. The molecule has 0 saturated carbocycles. The molecule has 0 N–H and O–H groups in total. The lowest BCUT2D eigenvalue weighted by Gasteiger charge is -2.33. The molecule has 2 aromatic rings. The van der Waals surface area contributed by atoms with E-state index in [4.69, 9.17) is 4.74 Å². The summed E-state index contributed by atoms with van der Waals surface area (Å²) in [5.74, 6) is 0.608. The maximum Gasteiger partial charge on any atom is 0.264 e. The molecule has 0 amide bonds. The summed E-state index contributed by atoms with van der Waals surface area (Å²) in [5, 5.41) is 0.880. The minimum atomic E-state index is -2.60. The Bertz CT molecular complexity index is 1130. The number of nitrogens with zero attached hydrogens (tertiary/aromatic N) is 2. The summed E-state index contributed by atoms with van der Waals surface area (Å²) in [7, 11) is 3.31. The van der Waals surface area contributed by atoms with Crippen LogP contribution in [0.5, 0.6) is 5.75 Å². The average Bonchev–Trinajstić information content (AvgIpc) is 2.70. The van der Waals surface area contributed by atoms with Crippen LogP contribution >= 0.6 is 0 Å². The van der Waals surface area contributed by atoms with Crippen molar-refractivity contribution < 1.29 is 13.5 Å². The van der Waals surface area contributed by atoms with Crippen LogP contribution in [0.2, 0.25) is 0 Å². The minimum Gasteiger partial charge on any atom is -0.497 e. The van der Waals surface area contributed by atoms with Crippen molar-refractivity contribution in [3.8, 4) is 5.75 Å². The Balaban J connectivity index is 2.32. The lowest BCUT2D eigenvalue weighted by molar-refractivity contribution is 0.192. The van der Waals surface area contributed by atoms with E-state index in [0.717, 1.165) is 40.7 Å². The number of anilines is 1. The fourth-order valence-corrected chi connectivity index (χ4v) is 3.97. The number of aryl methyl sites for hydroxylation is 2. The first-order valence-corrected chi connectivity index (χ1v) is 9.97. The smallest absolute Gasteiger partial charge is 0.264 e. The Morgan fingerprint density at radius 3 is 2.57 bits per heavy atom. The molecule has 1 aliphatic heterocycles. The lowest BCUT2D eigenvalue weighted by Crippen LogP contribution is -2.29. The van der Waals surface area contributed by atoms with E-state index >= 15 is 0 Å². The van der Waals surface area contributed by atoms with E-state index in [1.807, 2.05) is 25.1 Å². The Morgan fingerprint density at radius 1 is 1.27 bits per heavy atom. The SMILES string of the molecule is C=C(C)/C(=C\C1=C(C)CCCN1c1cc(OC)cc2c1cc(C)c(=O)n2C)C(F)F. The van der Waals surface area contributed by atoms with Gasteiger partial charge in [-0.05, 0) is 56.9 Å². The van der Waals surface area contributed by atoms with Gasteiger partial charge in [-0.25, -0.2) is 8.78 Å². The van der Waals surface area contributed by atoms with E-state index in [1.54, 1.807) is 38.6 Å². The summed E-state index contributed by atoms with van der Waals surface area (Å²) in [6, 6.07) is 5.60. The van der Waals surface area contributed by atoms with Crippen molar-refractivity contribution in [3.63, 3.8) is 0 Å². The van der Waals surface area contributed by atoms with E-state index in [9.17, 15) is 13.6 Å². The summed E-state index contributed by atoms with van der Waals surface area (Å²) >= 11 is 0. The average molecular weight is 414 g/mol. The maximum atomic E-state index is 13.7. The molecule has 0 spiro atoms. The predicted octanol–water partition coefficient (Wildman–Crippen LogP) is 5.50. The monoisotopic (exact) mass is 414 g/mol. The van der Waals surface area contributed by atoms with E-state index in [-0.39, 0.29) is 11.1 Å². The molecule has 0 saturated heterocycles. The van der Waals surface area contributed by atoms with Crippen molar-refractivity contribution in [1.29, 1.82) is 0 Å². The second kappa shape index (κ2) is 8.46. The summed E-state index contributed by atoms with van der Waals surface area (Å²) in [6.45, 7) is 9.76. The molecule has 3 rings (SSSR count). The molecule has 1 aromatic heterocycles. The number of fused-ring (bicyclic) bond motifs is 1. The largest absolute Gasteiger partial charge is 0.497 e. The third-order valence-corrected chi connectivity index (χ3v) is 5.68. The first-order valence-electron chi connectivity index (χ1n) is 9.97. The van der Waals surface area contributed by atoms with E-state index in [0.29, 0.717) is 23.4 Å². The zero-order valence-corrected chi connectivity index (χ0v) is 18.2. The van der Waals surface area contributed by atoms with Gasteiger partial charge in [0.25, 0.3) is 12.0 Å². The van der Waals surface area contributed by atoms with Crippen molar-refractivity contribution in [3.05, 3.63) is 69.2 Å². The molecular weight excluding hydrogens is 386 g/mol. The molecular formula is C24H28F2N2O2. The number of pyridine rings is 1. The van der Waals surface area contributed by atoms with Gasteiger partial charge in [0, 0.05) is 47.9 Å². The van der Waals surface area contributed by atoms with Gasteiger partial charge in [0.1, 0.15) is 5.75 Å². The Morgan fingerprint density at radius 2 is 1.97 bits per heavy atom. The molecule has 2 heterocycles. The number of rotatable bonds is 5. The van der Waals surface area contributed by atoms with Gasteiger partial charge in [0.15, 0.2) is 0 Å². The first-order chi connectivity index (χ1) is 14.1. The van der Waals surface area contributed by atoms with Gasteiger partial charge in [-0.2, -0.15) is 0 Å². The molecule has 30 heavy (non-hydrogen) atoms. The molecule has 4 nitrogen and oxygen atoms in total. The first kappa shape index (κ1) is 21.8. The van der Waals surface area contributed by atoms with Crippen LogP contribution in [0.3, 0.4) is 0 Å². The molecule has 6 heteroatoms. The van der Waals surface area contributed by atoms with Crippen LogP contribution in [0, 0.1) is 6.92 Å². The van der Waals surface area contributed by atoms with Crippen LogP contribution in [0.15, 0.2) is 58.1 Å². The highest BCUT2D eigenvalue weighted by Crippen LogP contribution is 2.38. The molecule has 0 fully saturated rings. The van der Waals surface area contributed by atoms with Crippen LogP contribution < -0.4 is 15.2 Å². The minimum absolute atomic E-state index is 0.0629. The standard InChI is InChI=1S/C24H28F2N2O2/c1-14(2)18(23(25)26)13-20-15(3)8-7-9-28(20)22-12-17(30-6)11-21-19(22)10-16(4)24(29)27(21)5/h10-13,23H,1,7-9H2,2-6H3/b18-13+. The number of alkyl halides is 2. The Labute approximate surface area is 175 Å². The van der Waals surface area contributed by atoms with Crippen molar-refractivity contribution in [2.75, 3.05) is 18.6 Å². The number of hydrogen-bond acceptors (Lipinski definition) is 3. The van der Waals surface area contributed by atoms with Crippen molar-refractivity contribution >= 4 is 16.6 Å². The number of benzene rings is 1. The number of ether oxygens (including phenoxy) is 1. The molecule has 0 aliphatic carbocycles. The molecule has 1 aromatic carbocycles.